The van der Waals surface area contributed by atoms with Crippen LogP contribution in [0.3, 0.4) is 0 Å². The molecule has 0 atom stereocenters. The molecule has 0 aliphatic carbocycles. The lowest BCUT2D eigenvalue weighted by Crippen LogP contribution is -2.34. The lowest BCUT2D eigenvalue weighted by molar-refractivity contribution is -0.121. The molecule has 7 nitrogen and oxygen atoms in total. The predicted molar refractivity (Wildman–Crippen MR) is 97.2 cm³/mol. The van der Waals surface area contributed by atoms with Crippen molar-refractivity contribution in [1.82, 2.24) is 24.8 Å². The van der Waals surface area contributed by atoms with Gasteiger partial charge in [-0.25, -0.2) is 14.4 Å². The van der Waals surface area contributed by atoms with E-state index in [0.717, 1.165) is 5.56 Å². The van der Waals surface area contributed by atoms with Crippen LogP contribution >= 0.6 is 0 Å². The highest BCUT2D eigenvalue weighted by atomic mass is 19.1. The minimum atomic E-state index is -0.364. The molecular formula is C19H18FN5O2. The molecule has 0 aliphatic rings. The molecule has 0 saturated heterocycles. The highest BCUT2D eigenvalue weighted by molar-refractivity contribution is 5.76. The quantitative estimate of drug-likeness (QED) is 0.742. The second-order valence-corrected chi connectivity index (χ2v) is 6.03. The molecule has 0 radical (unpaired) electrons. The van der Waals surface area contributed by atoms with Gasteiger partial charge < -0.3 is 5.32 Å². The summed E-state index contributed by atoms with van der Waals surface area (Å²) >= 11 is 0. The molecule has 3 aromatic rings. The molecule has 2 aromatic heterocycles. The van der Waals surface area contributed by atoms with Crippen LogP contribution in [0.5, 0.6) is 0 Å². The lowest BCUT2D eigenvalue weighted by atomic mass is 10.2. The second kappa shape index (κ2) is 7.86. The highest BCUT2D eigenvalue weighted by Gasteiger charge is 2.16. The van der Waals surface area contributed by atoms with Gasteiger partial charge in [-0.15, -0.1) is 0 Å². The van der Waals surface area contributed by atoms with Crippen molar-refractivity contribution in [3.63, 3.8) is 0 Å². The van der Waals surface area contributed by atoms with Crippen LogP contribution in [0.25, 0.3) is 11.5 Å². The molecule has 8 heteroatoms. The van der Waals surface area contributed by atoms with Crippen molar-refractivity contribution in [1.29, 1.82) is 0 Å². The maximum atomic E-state index is 13.0. The maximum Gasteiger partial charge on any atom is 0.257 e. The van der Waals surface area contributed by atoms with Crippen molar-refractivity contribution in [2.75, 3.05) is 0 Å². The third-order valence-electron chi connectivity index (χ3n) is 4.13. The van der Waals surface area contributed by atoms with Crippen LogP contribution in [0.4, 0.5) is 4.39 Å². The first-order valence-corrected chi connectivity index (χ1v) is 8.31. The normalized spacial score (nSPS) is 10.6. The highest BCUT2D eigenvalue weighted by Crippen LogP contribution is 2.13. The molecule has 0 fully saturated rings. The molecule has 1 amide bonds. The number of halogens is 1. The van der Waals surface area contributed by atoms with E-state index in [1.165, 1.54) is 35.3 Å². The van der Waals surface area contributed by atoms with Gasteiger partial charge in [0.1, 0.15) is 18.1 Å². The van der Waals surface area contributed by atoms with Gasteiger partial charge in [0, 0.05) is 30.2 Å². The Hall–Kier alpha value is -3.42. The zero-order valence-corrected chi connectivity index (χ0v) is 14.9. The number of aryl methyl sites for hydroxylation is 1. The van der Waals surface area contributed by atoms with Crippen LogP contribution in [0.15, 0.2) is 47.7 Å². The van der Waals surface area contributed by atoms with Crippen LogP contribution in [0.1, 0.15) is 16.8 Å². The van der Waals surface area contributed by atoms with Crippen molar-refractivity contribution in [3.8, 4) is 11.5 Å². The SMILES string of the molecule is Cc1nc(-c2cnccn2)n(CC(=O)NCc2ccc(F)cc2)c(=O)c1C. The van der Waals surface area contributed by atoms with Crippen LogP contribution in [-0.4, -0.2) is 25.4 Å². The Morgan fingerprint density at radius 3 is 2.59 bits per heavy atom. The summed E-state index contributed by atoms with van der Waals surface area (Å²) in [4.78, 5) is 37.7. The van der Waals surface area contributed by atoms with E-state index in [0.29, 0.717) is 17.0 Å². The molecule has 0 spiro atoms. The summed E-state index contributed by atoms with van der Waals surface area (Å²) in [6.45, 7) is 3.42. The monoisotopic (exact) mass is 367 g/mol. The first kappa shape index (κ1) is 18.4. The van der Waals surface area contributed by atoms with Crippen molar-refractivity contribution in [3.05, 3.63) is 75.8 Å². The summed E-state index contributed by atoms with van der Waals surface area (Å²) in [6.07, 6.45) is 4.50. The first-order valence-electron chi connectivity index (χ1n) is 8.31. The van der Waals surface area contributed by atoms with E-state index in [2.05, 4.69) is 20.3 Å². The number of hydrogen-bond acceptors (Lipinski definition) is 5. The first-order chi connectivity index (χ1) is 13.0. The van der Waals surface area contributed by atoms with Crippen LogP contribution in [0, 0.1) is 19.7 Å². The molecule has 0 aliphatic heterocycles. The predicted octanol–water partition coefficient (Wildman–Crippen LogP) is 1.77. The summed E-state index contributed by atoms with van der Waals surface area (Å²) in [5, 5.41) is 2.72. The fourth-order valence-corrected chi connectivity index (χ4v) is 2.52. The summed E-state index contributed by atoms with van der Waals surface area (Å²) in [6, 6.07) is 5.82. The largest absolute Gasteiger partial charge is 0.350 e. The fraction of sp³-hybridized carbons (Fsp3) is 0.211. The summed E-state index contributed by atoms with van der Waals surface area (Å²) in [5.74, 6) is -0.420. The maximum absolute atomic E-state index is 13.0. The lowest BCUT2D eigenvalue weighted by Gasteiger charge is -2.14. The van der Waals surface area contributed by atoms with Crippen LogP contribution < -0.4 is 10.9 Å². The Balaban J connectivity index is 1.85. The Morgan fingerprint density at radius 2 is 1.93 bits per heavy atom. The van der Waals surface area contributed by atoms with Gasteiger partial charge in [0.15, 0.2) is 5.82 Å². The van der Waals surface area contributed by atoms with Crippen LogP contribution in [-0.2, 0) is 17.9 Å². The number of hydrogen-bond donors (Lipinski definition) is 1. The molecule has 0 saturated carbocycles. The zero-order valence-electron chi connectivity index (χ0n) is 14.9. The number of carbonyl (C=O) groups is 1. The van der Waals surface area contributed by atoms with Gasteiger partial charge in [-0.1, -0.05) is 12.1 Å². The standard InChI is InChI=1S/C19H18FN5O2/c1-12-13(2)24-18(16-10-21-7-8-22-16)25(19(12)27)11-17(26)23-9-14-3-5-15(20)6-4-14/h3-8,10H,9,11H2,1-2H3,(H,23,26). The number of benzene rings is 1. The van der Waals surface area contributed by atoms with Gasteiger partial charge in [0.05, 0.1) is 6.20 Å². The van der Waals surface area contributed by atoms with Gasteiger partial charge in [0.25, 0.3) is 5.56 Å². The van der Waals surface area contributed by atoms with Gasteiger partial charge in [-0.3, -0.25) is 19.1 Å². The van der Waals surface area contributed by atoms with Gasteiger partial charge in [-0.05, 0) is 31.5 Å². The molecule has 1 aromatic carbocycles. The number of carbonyl (C=O) groups excluding carboxylic acids is 1. The van der Waals surface area contributed by atoms with Gasteiger partial charge in [-0.2, -0.15) is 0 Å². The second-order valence-electron chi connectivity index (χ2n) is 6.03. The molecule has 2 heterocycles. The van der Waals surface area contributed by atoms with E-state index in [4.69, 9.17) is 0 Å². The Kier molecular flexibility index (Phi) is 5.35. The fourth-order valence-electron chi connectivity index (χ4n) is 2.52. The number of aromatic nitrogens is 4. The van der Waals surface area contributed by atoms with Crippen molar-refractivity contribution >= 4 is 5.91 Å². The summed E-state index contributed by atoms with van der Waals surface area (Å²) in [5.41, 5.74) is 1.89. The zero-order chi connectivity index (χ0) is 19.4. The summed E-state index contributed by atoms with van der Waals surface area (Å²) in [7, 11) is 0. The van der Waals surface area contributed by atoms with Crippen molar-refractivity contribution < 1.29 is 9.18 Å². The molecule has 138 valence electrons. The average molecular weight is 367 g/mol. The Bertz CT molecular complexity index is 1020. The van der Waals surface area contributed by atoms with E-state index in [-0.39, 0.29) is 36.2 Å². The van der Waals surface area contributed by atoms with E-state index in [1.807, 2.05) is 0 Å². The minimum Gasteiger partial charge on any atom is -0.350 e. The minimum absolute atomic E-state index is 0.208. The molecule has 3 rings (SSSR count). The van der Waals surface area contributed by atoms with E-state index in [9.17, 15) is 14.0 Å². The Labute approximate surface area is 154 Å². The van der Waals surface area contributed by atoms with Gasteiger partial charge in [0.2, 0.25) is 5.91 Å². The number of nitrogens with one attached hydrogen (secondary N) is 1. The number of rotatable bonds is 5. The molecule has 1 N–H and O–H groups in total. The molecule has 0 unspecified atom stereocenters. The number of nitrogens with zero attached hydrogens (tertiary/aromatic N) is 4. The van der Waals surface area contributed by atoms with Crippen LogP contribution in [0.2, 0.25) is 0 Å². The average Bonchev–Trinajstić information content (AvgIpc) is 2.68. The van der Waals surface area contributed by atoms with E-state index >= 15 is 0 Å². The third kappa shape index (κ3) is 4.22. The number of amides is 1. The van der Waals surface area contributed by atoms with E-state index < -0.39 is 0 Å². The third-order valence-corrected chi connectivity index (χ3v) is 4.13. The summed E-state index contributed by atoms with van der Waals surface area (Å²) < 4.78 is 14.2. The van der Waals surface area contributed by atoms with Crippen molar-refractivity contribution in [2.45, 2.75) is 26.9 Å². The van der Waals surface area contributed by atoms with E-state index in [1.54, 1.807) is 26.0 Å². The van der Waals surface area contributed by atoms with Crippen molar-refractivity contribution in [2.24, 2.45) is 0 Å². The Morgan fingerprint density at radius 1 is 1.19 bits per heavy atom. The smallest absolute Gasteiger partial charge is 0.257 e. The molecule has 0 bridgehead atoms. The molecular weight excluding hydrogens is 349 g/mol. The van der Waals surface area contributed by atoms with Gasteiger partial charge >= 0.3 is 0 Å². The topological polar surface area (TPSA) is 89.8 Å². The molecule has 27 heavy (non-hydrogen) atoms.